The molecule has 0 aliphatic rings. The maximum Gasteiger partial charge on any atom is 0.0325 e. The van der Waals surface area contributed by atoms with E-state index in [1.807, 2.05) is 30.0 Å². The first-order valence-electron chi connectivity index (χ1n) is 5.56. The van der Waals surface area contributed by atoms with Crippen LogP contribution in [0.4, 0.5) is 5.69 Å². The number of hydrogen-bond acceptors (Lipinski definition) is 2. The van der Waals surface area contributed by atoms with E-state index in [0.29, 0.717) is 0 Å². The molecule has 0 aromatic heterocycles. The minimum Gasteiger partial charge on any atom is -0.399 e. The molecule has 0 aliphatic carbocycles. The molecule has 0 saturated carbocycles. The second-order valence-corrected chi connectivity index (χ2v) is 4.58. The lowest BCUT2D eigenvalue weighted by molar-refractivity contribution is 1.22. The van der Waals surface area contributed by atoms with Gasteiger partial charge in [-0.15, -0.1) is 11.8 Å². The Morgan fingerprint density at radius 3 is 2.88 bits per heavy atom. The largest absolute Gasteiger partial charge is 0.399 e. The van der Waals surface area contributed by atoms with Crippen molar-refractivity contribution in [3.8, 4) is 0 Å². The summed E-state index contributed by atoms with van der Waals surface area (Å²) in [5.41, 5.74) is 7.92. The molecule has 86 valence electrons. The third-order valence-corrected chi connectivity index (χ3v) is 3.27. The van der Waals surface area contributed by atoms with Crippen molar-refractivity contribution < 1.29 is 0 Å². The van der Waals surface area contributed by atoms with Crippen molar-refractivity contribution in [3.63, 3.8) is 0 Å². The summed E-state index contributed by atoms with van der Waals surface area (Å²) in [6.07, 6.45) is 7.63. The van der Waals surface area contributed by atoms with Gasteiger partial charge in [-0.1, -0.05) is 31.2 Å². The van der Waals surface area contributed by atoms with Gasteiger partial charge in [0.2, 0.25) is 0 Å². The average molecular weight is 233 g/mol. The lowest BCUT2D eigenvalue weighted by Crippen LogP contribution is -1.86. The van der Waals surface area contributed by atoms with Crippen LogP contribution in [0.2, 0.25) is 0 Å². The Morgan fingerprint density at radius 2 is 2.25 bits per heavy atom. The zero-order chi connectivity index (χ0) is 11.8. The molecule has 0 fully saturated rings. The number of anilines is 1. The zero-order valence-corrected chi connectivity index (χ0v) is 10.8. The summed E-state index contributed by atoms with van der Waals surface area (Å²) >= 11 is 1.82. The van der Waals surface area contributed by atoms with Crippen LogP contribution in [0.3, 0.4) is 0 Å². The van der Waals surface area contributed by atoms with Gasteiger partial charge in [-0.2, -0.15) is 0 Å². The van der Waals surface area contributed by atoms with Crippen LogP contribution in [0.15, 0.2) is 53.0 Å². The molecule has 2 N–H and O–H groups in total. The minimum absolute atomic E-state index is 0.830. The summed E-state index contributed by atoms with van der Waals surface area (Å²) < 4.78 is 0. The van der Waals surface area contributed by atoms with Crippen LogP contribution in [-0.2, 0) is 0 Å². The number of allylic oxidation sites excluding steroid dienone is 3. The van der Waals surface area contributed by atoms with Gasteiger partial charge in [-0.3, -0.25) is 0 Å². The van der Waals surface area contributed by atoms with Crippen molar-refractivity contribution >= 4 is 17.4 Å². The fourth-order valence-electron chi connectivity index (χ4n) is 1.27. The smallest absolute Gasteiger partial charge is 0.0325 e. The van der Waals surface area contributed by atoms with E-state index >= 15 is 0 Å². The molecule has 2 heteroatoms. The average Bonchev–Trinajstić information content (AvgIpc) is 2.29. The highest BCUT2D eigenvalue weighted by Gasteiger charge is 1.96. The van der Waals surface area contributed by atoms with Gasteiger partial charge in [0.15, 0.2) is 0 Å². The molecular weight excluding hydrogens is 214 g/mol. The van der Waals surface area contributed by atoms with Crippen molar-refractivity contribution in [1.82, 2.24) is 0 Å². The highest BCUT2D eigenvalue weighted by atomic mass is 32.2. The van der Waals surface area contributed by atoms with E-state index in [0.717, 1.165) is 17.9 Å². The quantitative estimate of drug-likeness (QED) is 0.467. The molecule has 1 nitrogen and oxygen atoms in total. The summed E-state index contributed by atoms with van der Waals surface area (Å²) in [5.74, 6) is 0.996. The zero-order valence-electron chi connectivity index (χ0n) is 9.94. The Bertz CT molecular complexity index is 380. The van der Waals surface area contributed by atoms with Crippen LogP contribution in [0, 0.1) is 0 Å². The van der Waals surface area contributed by atoms with Gasteiger partial charge < -0.3 is 5.73 Å². The van der Waals surface area contributed by atoms with Crippen LogP contribution in [-0.4, -0.2) is 5.75 Å². The van der Waals surface area contributed by atoms with E-state index < -0.39 is 0 Å². The summed E-state index contributed by atoms with van der Waals surface area (Å²) in [4.78, 5) is 1.23. The molecule has 0 aliphatic heterocycles. The molecule has 0 amide bonds. The molecule has 0 radical (unpaired) electrons. The van der Waals surface area contributed by atoms with E-state index in [9.17, 15) is 0 Å². The molecule has 0 heterocycles. The van der Waals surface area contributed by atoms with Gasteiger partial charge >= 0.3 is 0 Å². The van der Waals surface area contributed by atoms with Crippen LogP contribution < -0.4 is 5.73 Å². The first-order valence-corrected chi connectivity index (χ1v) is 6.55. The fraction of sp³-hybridized carbons (Fsp3) is 0.286. The Morgan fingerprint density at radius 1 is 1.44 bits per heavy atom. The summed E-state index contributed by atoms with van der Waals surface area (Å²) in [7, 11) is 0. The van der Waals surface area contributed by atoms with Crippen molar-refractivity contribution in [2.75, 3.05) is 11.5 Å². The standard InChI is InChI=1S/C14H19NS/c1-3-5-7-12(4-2)11-16-14-9-6-8-13(15)10-14/h4-10H,3,11,15H2,1-2H3/b7-5-,12-4+. The van der Waals surface area contributed by atoms with E-state index in [-0.39, 0.29) is 0 Å². The molecule has 0 bridgehead atoms. The lowest BCUT2D eigenvalue weighted by Gasteiger charge is -2.03. The summed E-state index contributed by atoms with van der Waals surface area (Å²) in [5, 5.41) is 0. The molecule has 0 saturated heterocycles. The number of rotatable bonds is 5. The van der Waals surface area contributed by atoms with E-state index in [2.05, 4.69) is 38.1 Å². The van der Waals surface area contributed by atoms with Crippen molar-refractivity contribution in [3.05, 3.63) is 48.1 Å². The monoisotopic (exact) mass is 233 g/mol. The van der Waals surface area contributed by atoms with Gasteiger partial charge in [-0.05, 0) is 37.1 Å². The van der Waals surface area contributed by atoms with Crippen LogP contribution in [0.25, 0.3) is 0 Å². The Hall–Kier alpha value is -1.15. The molecule has 0 atom stereocenters. The van der Waals surface area contributed by atoms with Crippen molar-refractivity contribution in [2.45, 2.75) is 25.2 Å². The van der Waals surface area contributed by atoms with Gasteiger partial charge in [0.05, 0.1) is 0 Å². The lowest BCUT2D eigenvalue weighted by atomic mass is 10.2. The fourth-order valence-corrected chi connectivity index (χ4v) is 2.26. The third-order valence-electron chi connectivity index (χ3n) is 2.20. The first-order chi connectivity index (χ1) is 7.76. The predicted octanol–water partition coefficient (Wildman–Crippen LogP) is 4.27. The third kappa shape index (κ3) is 4.58. The Labute approximate surface area is 102 Å². The van der Waals surface area contributed by atoms with E-state index in [1.165, 1.54) is 10.5 Å². The molecule has 1 aromatic carbocycles. The summed E-state index contributed by atoms with van der Waals surface area (Å²) in [6.45, 7) is 4.23. The molecular formula is C14H19NS. The van der Waals surface area contributed by atoms with Crippen LogP contribution in [0.5, 0.6) is 0 Å². The molecule has 0 spiro atoms. The molecule has 16 heavy (non-hydrogen) atoms. The number of benzene rings is 1. The minimum atomic E-state index is 0.830. The first kappa shape index (κ1) is 12.9. The van der Waals surface area contributed by atoms with Crippen molar-refractivity contribution in [2.24, 2.45) is 0 Å². The summed E-state index contributed by atoms with van der Waals surface area (Å²) in [6, 6.07) is 8.02. The predicted molar refractivity (Wildman–Crippen MR) is 74.8 cm³/mol. The van der Waals surface area contributed by atoms with Crippen molar-refractivity contribution in [1.29, 1.82) is 0 Å². The Kier molecular flexibility index (Phi) is 5.79. The SMILES string of the molecule is C/C=C(\C=C/CC)CSc1cccc(N)c1. The second kappa shape index (κ2) is 7.18. The maximum absolute atomic E-state index is 5.74. The molecule has 0 unspecified atom stereocenters. The van der Waals surface area contributed by atoms with Gasteiger partial charge in [0, 0.05) is 16.3 Å². The Balaban J connectivity index is 2.53. The van der Waals surface area contributed by atoms with E-state index in [4.69, 9.17) is 5.73 Å². The van der Waals surface area contributed by atoms with Gasteiger partial charge in [0.1, 0.15) is 0 Å². The number of hydrogen-bond donors (Lipinski definition) is 1. The number of nitrogen functional groups attached to an aromatic ring is 1. The van der Waals surface area contributed by atoms with Gasteiger partial charge in [-0.25, -0.2) is 0 Å². The molecule has 1 aromatic rings. The normalized spacial score (nSPS) is 12.2. The van der Waals surface area contributed by atoms with Gasteiger partial charge in [0.25, 0.3) is 0 Å². The van der Waals surface area contributed by atoms with Crippen LogP contribution in [0.1, 0.15) is 20.3 Å². The van der Waals surface area contributed by atoms with Crippen LogP contribution >= 0.6 is 11.8 Å². The second-order valence-electron chi connectivity index (χ2n) is 3.54. The topological polar surface area (TPSA) is 26.0 Å². The number of nitrogens with two attached hydrogens (primary N) is 1. The molecule has 1 rings (SSSR count). The number of thioether (sulfide) groups is 1. The van der Waals surface area contributed by atoms with E-state index in [1.54, 1.807) is 0 Å². The highest BCUT2D eigenvalue weighted by molar-refractivity contribution is 7.99. The highest BCUT2D eigenvalue weighted by Crippen LogP contribution is 2.22. The maximum atomic E-state index is 5.74.